The number of ether oxygens (including phenoxy) is 1. The third-order valence-electron chi connectivity index (χ3n) is 3.40. The minimum Gasteiger partial charge on any atom is -0.353 e. The van der Waals surface area contributed by atoms with E-state index >= 15 is 0 Å². The molecule has 0 unspecified atom stereocenters. The highest BCUT2D eigenvalue weighted by molar-refractivity contribution is 5.73. The first-order valence-electron chi connectivity index (χ1n) is 6.28. The van der Waals surface area contributed by atoms with E-state index in [-0.39, 0.29) is 17.9 Å². The molecule has 0 saturated carbocycles. The van der Waals surface area contributed by atoms with Gasteiger partial charge in [0.2, 0.25) is 0 Å². The summed E-state index contributed by atoms with van der Waals surface area (Å²) in [5.41, 5.74) is 0.465. The Bertz CT molecular complexity index is 631. The largest absolute Gasteiger partial charge is 0.353 e. The van der Waals surface area contributed by atoms with Gasteiger partial charge in [0.15, 0.2) is 11.9 Å². The van der Waals surface area contributed by atoms with Gasteiger partial charge >= 0.3 is 0 Å². The Kier molecular flexibility index (Phi) is 2.66. The van der Waals surface area contributed by atoms with E-state index in [1.165, 1.54) is 0 Å². The van der Waals surface area contributed by atoms with E-state index < -0.39 is 0 Å². The fourth-order valence-electron chi connectivity index (χ4n) is 2.42. The highest BCUT2D eigenvalue weighted by Gasteiger charge is 2.27. The van der Waals surface area contributed by atoms with Crippen LogP contribution in [0, 0.1) is 6.92 Å². The van der Waals surface area contributed by atoms with Gasteiger partial charge in [-0.25, -0.2) is 9.67 Å². The number of nitrogens with zero attached hydrogens (tertiary/aromatic N) is 3. The highest BCUT2D eigenvalue weighted by Crippen LogP contribution is 2.30. The van der Waals surface area contributed by atoms with Gasteiger partial charge in [-0.2, -0.15) is 5.10 Å². The average Bonchev–Trinajstić information content (AvgIpc) is 2.93. The van der Waals surface area contributed by atoms with Crippen molar-refractivity contribution in [2.45, 2.75) is 45.4 Å². The zero-order valence-electron chi connectivity index (χ0n) is 10.5. The molecule has 1 saturated heterocycles. The smallest absolute Gasteiger partial charge is 0.262 e. The summed E-state index contributed by atoms with van der Waals surface area (Å²) in [6.07, 6.45) is 4.71. The number of nitrogens with one attached hydrogen (secondary N) is 1. The molecule has 2 aromatic heterocycles. The van der Waals surface area contributed by atoms with Crippen LogP contribution in [0.3, 0.4) is 0 Å². The standard InChI is InChI=1S/C12H16N4O2/c1-3-8-4-5-10(18-8)16-11-9(6-13-16)12(17)15-7(2)14-11/h6,8,10H,3-5H2,1-2H3,(H,14,15,17)/t8-,10-/m1/s1. The van der Waals surface area contributed by atoms with Crippen molar-refractivity contribution < 1.29 is 4.74 Å². The summed E-state index contributed by atoms with van der Waals surface area (Å²) in [6.45, 7) is 3.88. The van der Waals surface area contributed by atoms with Crippen molar-refractivity contribution in [3.63, 3.8) is 0 Å². The van der Waals surface area contributed by atoms with Crippen LogP contribution in [0.5, 0.6) is 0 Å². The molecule has 1 aliphatic rings. The van der Waals surface area contributed by atoms with Gasteiger partial charge in [0.25, 0.3) is 5.56 Å². The molecule has 0 aromatic carbocycles. The van der Waals surface area contributed by atoms with Gasteiger partial charge < -0.3 is 9.72 Å². The number of hydrogen-bond acceptors (Lipinski definition) is 4. The lowest BCUT2D eigenvalue weighted by molar-refractivity contribution is -0.00404. The van der Waals surface area contributed by atoms with Crippen LogP contribution in [0.2, 0.25) is 0 Å². The summed E-state index contributed by atoms with van der Waals surface area (Å²) < 4.78 is 7.62. The van der Waals surface area contributed by atoms with E-state index in [0.717, 1.165) is 19.3 Å². The normalized spacial score (nSPS) is 23.9. The van der Waals surface area contributed by atoms with Crippen LogP contribution in [0.1, 0.15) is 38.2 Å². The summed E-state index contributed by atoms with van der Waals surface area (Å²) in [4.78, 5) is 18.8. The van der Waals surface area contributed by atoms with Crippen molar-refractivity contribution in [2.24, 2.45) is 0 Å². The molecule has 6 nitrogen and oxygen atoms in total. The Morgan fingerprint density at radius 3 is 3.11 bits per heavy atom. The van der Waals surface area contributed by atoms with Gasteiger partial charge in [-0.15, -0.1) is 0 Å². The molecular formula is C12H16N4O2. The van der Waals surface area contributed by atoms with Crippen molar-refractivity contribution in [1.29, 1.82) is 0 Å². The fraction of sp³-hybridized carbons (Fsp3) is 0.583. The molecule has 96 valence electrons. The zero-order valence-corrected chi connectivity index (χ0v) is 10.5. The third-order valence-corrected chi connectivity index (χ3v) is 3.40. The van der Waals surface area contributed by atoms with Gasteiger partial charge in [-0.05, 0) is 26.2 Å². The first-order valence-corrected chi connectivity index (χ1v) is 6.28. The Hall–Kier alpha value is -1.69. The van der Waals surface area contributed by atoms with Crippen LogP contribution >= 0.6 is 0 Å². The molecule has 1 fully saturated rings. The molecule has 0 aliphatic carbocycles. The molecule has 0 radical (unpaired) electrons. The van der Waals surface area contributed by atoms with E-state index in [2.05, 4.69) is 22.0 Å². The molecule has 0 spiro atoms. The van der Waals surface area contributed by atoms with Crippen LogP contribution in [0.4, 0.5) is 0 Å². The second kappa shape index (κ2) is 4.20. The highest BCUT2D eigenvalue weighted by atomic mass is 16.5. The summed E-state index contributed by atoms with van der Waals surface area (Å²) in [7, 11) is 0. The van der Waals surface area contributed by atoms with E-state index in [1.807, 2.05) is 0 Å². The van der Waals surface area contributed by atoms with Gasteiger partial charge in [-0.3, -0.25) is 4.79 Å². The van der Waals surface area contributed by atoms with Crippen LogP contribution in [-0.2, 0) is 4.74 Å². The summed E-state index contributed by atoms with van der Waals surface area (Å²) >= 11 is 0. The first kappa shape index (κ1) is 11.4. The minimum atomic E-state index is -0.145. The molecular weight excluding hydrogens is 232 g/mol. The van der Waals surface area contributed by atoms with Crippen LogP contribution in [0.15, 0.2) is 11.0 Å². The van der Waals surface area contributed by atoms with Crippen LogP contribution in [-0.4, -0.2) is 25.9 Å². The lowest BCUT2D eigenvalue weighted by atomic mass is 10.2. The van der Waals surface area contributed by atoms with Crippen LogP contribution < -0.4 is 5.56 Å². The summed E-state index contributed by atoms with van der Waals surface area (Å²) in [5, 5.41) is 4.77. The molecule has 0 bridgehead atoms. The predicted molar refractivity (Wildman–Crippen MR) is 66.3 cm³/mol. The molecule has 2 aromatic rings. The third kappa shape index (κ3) is 1.73. The van der Waals surface area contributed by atoms with Gasteiger partial charge in [-0.1, -0.05) is 6.92 Å². The van der Waals surface area contributed by atoms with Gasteiger partial charge in [0, 0.05) is 0 Å². The number of hydrogen-bond donors (Lipinski definition) is 1. The van der Waals surface area contributed by atoms with E-state index in [1.54, 1.807) is 17.8 Å². The summed E-state index contributed by atoms with van der Waals surface area (Å²) in [5.74, 6) is 0.597. The molecule has 2 atom stereocenters. The maximum absolute atomic E-state index is 11.8. The van der Waals surface area contributed by atoms with E-state index in [0.29, 0.717) is 16.9 Å². The Morgan fingerprint density at radius 1 is 1.56 bits per heavy atom. The molecule has 3 heterocycles. The zero-order chi connectivity index (χ0) is 12.7. The van der Waals surface area contributed by atoms with Gasteiger partial charge in [0.1, 0.15) is 11.2 Å². The SMILES string of the molecule is CC[C@@H]1CC[C@H](n2ncc3c(=O)[nH]c(C)nc32)O1. The molecule has 1 aliphatic heterocycles. The van der Waals surface area contributed by atoms with Crippen molar-refractivity contribution in [1.82, 2.24) is 19.7 Å². The second-order valence-corrected chi connectivity index (χ2v) is 4.68. The number of aromatic amines is 1. The topological polar surface area (TPSA) is 72.8 Å². The molecule has 6 heteroatoms. The number of H-pyrrole nitrogens is 1. The summed E-state index contributed by atoms with van der Waals surface area (Å²) in [6, 6.07) is 0. The monoisotopic (exact) mass is 248 g/mol. The van der Waals surface area contributed by atoms with Crippen molar-refractivity contribution in [2.75, 3.05) is 0 Å². The number of rotatable bonds is 2. The second-order valence-electron chi connectivity index (χ2n) is 4.68. The number of fused-ring (bicyclic) bond motifs is 1. The molecule has 1 N–H and O–H groups in total. The average molecular weight is 248 g/mol. The van der Waals surface area contributed by atoms with Crippen molar-refractivity contribution >= 4 is 11.0 Å². The quantitative estimate of drug-likeness (QED) is 0.874. The Morgan fingerprint density at radius 2 is 2.39 bits per heavy atom. The minimum absolute atomic E-state index is 0.0962. The van der Waals surface area contributed by atoms with Crippen molar-refractivity contribution in [3.05, 3.63) is 22.4 Å². The van der Waals surface area contributed by atoms with Crippen molar-refractivity contribution in [3.8, 4) is 0 Å². The molecule has 18 heavy (non-hydrogen) atoms. The lowest BCUT2D eigenvalue weighted by Gasteiger charge is -2.13. The first-order chi connectivity index (χ1) is 8.69. The lowest BCUT2D eigenvalue weighted by Crippen LogP contribution is -2.15. The molecule has 3 rings (SSSR count). The maximum Gasteiger partial charge on any atom is 0.262 e. The predicted octanol–water partition coefficient (Wildman–Crippen LogP) is 1.52. The number of aromatic nitrogens is 4. The Balaban J connectivity index is 2.05. The van der Waals surface area contributed by atoms with E-state index in [4.69, 9.17) is 4.74 Å². The van der Waals surface area contributed by atoms with Crippen LogP contribution in [0.25, 0.3) is 11.0 Å². The maximum atomic E-state index is 11.8. The Labute approximate surface area is 104 Å². The van der Waals surface area contributed by atoms with Gasteiger partial charge in [0.05, 0.1) is 12.3 Å². The molecule has 0 amide bonds. The number of aryl methyl sites for hydroxylation is 1. The fourth-order valence-corrected chi connectivity index (χ4v) is 2.42. The van der Waals surface area contributed by atoms with E-state index in [9.17, 15) is 4.79 Å².